The fourth-order valence-electron chi connectivity index (χ4n) is 2.55. The summed E-state index contributed by atoms with van der Waals surface area (Å²) in [4.78, 5) is 24.3. The summed E-state index contributed by atoms with van der Waals surface area (Å²) < 4.78 is 1.93. The maximum atomic E-state index is 12.2. The van der Waals surface area contributed by atoms with Gasteiger partial charge in [0, 0.05) is 30.1 Å². The first-order valence-electron chi connectivity index (χ1n) is 9.15. The van der Waals surface area contributed by atoms with E-state index in [1.807, 2.05) is 18.4 Å². The molecule has 0 unspecified atom stereocenters. The molecule has 2 amide bonds. The lowest BCUT2D eigenvalue weighted by Gasteiger charge is -2.08. The van der Waals surface area contributed by atoms with Gasteiger partial charge >= 0.3 is 0 Å². The molecule has 2 heterocycles. The van der Waals surface area contributed by atoms with Crippen molar-refractivity contribution < 1.29 is 9.59 Å². The third-order valence-corrected chi connectivity index (χ3v) is 5.93. The molecule has 3 rings (SSSR count). The number of aryl methyl sites for hydroxylation is 1. The highest BCUT2D eigenvalue weighted by molar-refractivity contribution is 7.99. The molecule has 0 atom stereocenters. The molecule has 0 bridgehead atoms. The van der Waals surface area contributed by atoms with Crippen molar-refractivity contribution in [3.05, 3.63) is 45.7 Å². The quantitative estimate of drug-likeness (QED) is 0.467. The second kappa shape index (κ2) is 10.5. The number of benzene rings is 1. The fraction of sp³-hybridized carbons (Fsp3) is 0.333. The summed E-state index contributed by atoms with van der Waals surface area (Å²) in [5.74, 6) is 0.576. The Morgan fingerprint density at radius 3 is 2.60 bits per heavy atom. The van der Waals surface area contributed by atoms with Gasteiger partial charge in [-0.3, -0.25) is 14.9 Å². The van der Waals surface area contributed by atoms with Crippen LogP contribution in [0.25, 0.3) is 0 Å². The van der Waals surface area contributed by atoms with Crippen LogP contribution in [-0.2, 0) is 17.8 Å². The zero-order valence-corrected chi connectivity index (χ0v) is 18.8. The number of amides is 2. The van der Waals surface area contributed by atoms with Crippen molar-refractivity contribution in [2.75, 3.05) is 17.6 Å². The minimum absolute atomic E-state index is 0.174. The molecule has 9 nitrogen and oxygen atoms in total. The number of nitrogens with zero attached hydrogens (tertiary/aromatic N) is 5. The topological polar surface area (TPSA) is 115 Å². The van der Waals surface area contributed by atoms with E-state index >= 15 is 0 Å². The molecule has 1 aromatic carbocycles. The maximum absolute atomic E-state index is 12.2. The molecule has 0 aliphatic heterocycles. The monoisotopic (exact) mass is 465 g/mol. The molecular weight excluding hydrogens is 446 g/mol. The van der Waals surface area contributed by atoms with Gasteiger partial charge in [-0.05, 0) is 38.1 Å². The highest BCUT2D eigenvalue weighted by atomic mass is 35.5. The van der Waals surface area contributed by atoms with E-state index in [0.29, 0.717) is 40.4 Å². The first-order valence-corrected chi connectivity index (χ1v) is 11.3. The number of hydrogen-bond acceptors (Lipinski definition) is 8. The van der Waals surface area contributed by atoms with Gasteiger partial charge in [-0.15, -0.1) is 20.4 Å². The number of carbonyl (C=O) groups excluding carboxylic acids is 2. The van der Waals surface area contributed by atoms with E-state index in [1.54, 1.807) is 24.3 Å². The van der Waals surface area contributed by atoms with Gasteiger partial charge in [-0.25, -0.2) is 0 Å². The number of carbonyl (C=O) groups is 2. The van der Waals surface area contributed by atoms with Crippen LogP contribution < -0.4 is 10.6 Å². The van der Waals surface area contributed by atoms with Gasteiger partial charge in [0.2, 0.25) is 11.0 Å². The summed E-state index contributed by atoms with van der Waals surface area (Å²) in [5.41, 5.74) is 0.546. The largest absolute Gasteiger partial charge is 0.352 e. The Morgan fingerprint density at radius 2 is 1.93 bits per heavy atom. The lowest BCUT2D eigenvalue weighted by atomic mass is 10.2. The molecule has 0 aliphatic rings. The van der Waals surface area contributed by atoms with Crippen LogP contribution in [0.3, 0.4) is 0 Å². The van der Waals surface area contributed by atoms with Crippen molar-refractivity contribution in [3.8, 4) is 0 Å². The standard InChI is InChI=1S/C18H20ClN7O2S2/c1-3-26-14(8-9-20-16(28)12-4-6-13(19)7-5-12)23-25-18(26)29-10-15(27)21-17-24-22-11(2)30-17/h4-7H,3,8-10H2,1-2H3,(H,20,28)(H,21,24,27). The van der Waals surface area contributed by atoms with Crippen molar-refractivity contribution >= 4 is 51.6 Å². The SMILES string of the molecule is CCn1c(CCNC(=O)c2ccc(Cl)cc2)nnc1SCC(=O)Nc1nnc(C)s1. The predicted molar refractivity (Wildman–Crippen MR) is 117 cm³/mol. The molecule has 158 valence electrons. The number of rotatable bonds is 9. The Labute approximate surface area is 186 Å². The fourth-order valence-corrected chi connectivity index (χ4v) is 4.11. The highest BCUT2D eigenvalue weighted by Gasteiger charge is 2.14. The van der Waals surface area contributed by atoms with Gasteiger partial charge in [-0.1, -0.05) is 34.7 Å². The summed E-state index contributed by atoms with van der Waals surface area (Å²) in [5, 5.41) is 24.2. The predicted octanol–water partition coefficient (Wildman–Crippen LogP) is 2.81. The van der Waals surface area contributed by atoms with Gasteiger partial charge in [-0.2, -0.15) is 0 Å². The molecule has 0 fully saturated rings. The van der Waals surface area contributed by atoms with Crippen molar-refractivity contribution in [2.45, 2.75) is 32.0 Å². The first-order chi connectivity index (χ1) is 14.5. The molecule has 0 aliphatic carbocycles. The van der Waals surface area contributed by atoms with Gasteiger partial charge in [0.05, 0.1) is 5.75 Å². The molecule has 0 spiro atoms. The summed E-state index contributed by atoms with van der Waals surface area (Å²) in [6.45, 7) is 4.88. The van der Waals surface area contributed by atoms with Crippen LogP contribution in [0, 0.1) is 6.92 Å². The summed E-state index contributed by atoms with van der Waals surface area (Å²) in [6.07, 6.45) is 0.525. The normalized spacial score (nSPS) is 10.8. The zero-order valence-electron chi connectivity index (χ0n) is 16.4. The van der Waals surface area contributed by atoms with Crippen LogP contribution in [0.15, 0.2) is 29.4 Å². The smallest absolute Gasteiger partial charge is 0.251 e. The average Bonchev–Trinajstić information content (AvgIpc) is 3.32. The Balaban J connectivity index is 1.50. The van der Waals surface area contributed by atoms with E-state index in [-0.39, 0.29) is 17.6 Å². The van der Waals surface area contributed by atoms with Gasteiger partial charge < -0.3 is 9.88 Å². The van der Waals surface area contributed by atoms with Crippen molar-refractivity contribution in [1.82, 2.24) is 30.3 Å². The number of aromatic nitrogens is 5. The molecular formula is C18H20ClN7O2S2. The maximum Gasteiger partial charge on any atom is 0.251 e. The Morgan fingerprint density at radius 1 is 1.17 bits per heavy atom. The number of hydrogen-bond donors (Lipinski definition) is 2. The second-order valence-electron chi connectivity index (χ2n) is 6.12. The van der Waals surface area contributed by atoms with Crippen molar-refractivity contribution in [1.29, 1.82) is 0 Å². The number of halogens is 1. The number of anilines is 1. The zero-order chi connectivity index (χ0) is 21.5. The summed E-state index contributed by atoms with van der Waals surface area (Å²) in [7, 11) is 0. The van der Waals surface area contributed by atoms with E-state index in [2.05, 4.69) is 31.0 Å². The van der Waals surface area contributed by atoms with E-state index in [1.165, 1.54) is 23.1 Å². The van der Waals surface area contributed by atoms with Crippen molar-refractivity contribution in [3.63, 3.8) is 0 Å². The van der Waals surface area contributed by atoms with Crippen molar-refractivity contribution in [2.24, 2.45) is 0 Å². The lowest BCUT2D eigenvalue weighted by molar-refractivity contribution is -0.113. The van der Waals surface area contributed by atoms with Gasteiger partial charge in [0.15, 0.2) is 5.16 Å². The van der Waals surface area contributed by atoms with Gasteiger partial charge in [0.1, 0.15) is 10.8 Å². The van der Waals surface area contributed by atoms with Crippen LogP contribution in [0.5, 0.6) is 0 Å². The van der Waals surface area contributed by atoms with Crippen LogP contribution in [0.4, 0.5) is 5.13 Å². The van der Waals surface area contributed by atoms with E-state index in [4.69, 9.17) is 11.6 Å². The Hall–Kier alpha value is -2.50. The number of thioether (sulfide) groups is 1. The molecule has 0 radical (unpaired) electrons. The second-order valence-corrected chi connectivity index (χ2v) is 8.68. The minimum Gasteiger partial charge on any atom is -0.352 e. The third kappa shape index (κ3) is 6.00. The van der Waals surface area contributed by atoms with E-state index in [9.17, 15) is 9.59 Å². The highest BCUT2D eigenvalue weighted by Crippen LogP contribution is 2.19. The van der Waals surface area contributed by atoms with Crippen LogP contribution in [0.1, 0.15) is 28.1 Å². The number of nitrogens with one attached hydrogen (secondary N) is 2. The molecule has 30 heavy (non-hydrogen) atoms. The van der Waals surface area contributed by atoms with Crippen LogP contribution >= 0.6 is 34.7 Å². The Bertz CT molecular complexity index is 1020. The molecule has 0 saturated carbocycles. The first kappa shape index (κ1) is 22.2. The molecule has 0 saturated heterocycles. The van der Waals surface area contributed by atoms with E-state index in [0.717, 1.165) is 10.8 Å². The molecule has 2 aromatic heterocycles. The average molecular weight is 466 g/mol. The molecule has 12 heteroatoms. The van der Waals surface area contributed by atoms with Crippen LogP contribution in [0.2, 0.25) is 5.02 Å². The Kier molecular flexibility index (Phi) is 7.77. The minimum atomic E-state index is -0.182. The summed E-state index contributed by atoms with van der Waals surface area (Å²) >= 11 is 8.46. The molecule has 2 N–H and O–H groups in total. The molecule has 3 aromatic rings. The van der Waals surface area contributed by atoms with Gasteiger partial charge in [0.25, 0.3) is 5.91 Å². The summed E-state index contributed by atoms with van der Waals surface area (Å²) in [6, 6.07) is 6.70. The lowest BCUT2D eigenvalue weighted by Crippen LogP contribution is -2.26. The third-order valence-electron chi connectivity index (χ3n) is 3.95. The van der Waals surface area contributed by atoms with E-state index < -0.39 is 0 Å². The van der Waals surface area contributed by atoms with Crippen LogP contribution in [-0.4, -0.2) is 49.1 Å².